The lowest BCUT2D eigenvalue weighted by Crippen LogP contribution is -2.47. The third-order valence-corrected chi connectivity index (χ3v) is 6.59. The number of benzene rings is 1. The first-order valence-corrected chi connectivity index (χ1v) is 12.2. The van der Waals surface area contributed by atoms with Crippen molar-refractivity contribution in [3.8, 4) is 11.4 Å². The number of amides is 2. The molecule has 1 fully saturated rings. The van der Waals surface area contributed by atoms with Gasteiger partial charge in [-0.15, -0.1) is 0 Å². The molecule has 13 heteroatoms. The van der Waals surface area contributed by atoms with Gasteiger partial charge in [-0.3, -0.25) is 9.48 Å². The minimum Gasteiger partial charge on any atom is -0.444 e. The second-order valence-electron chi connectivity index (χ2n) is 10.4. The molecule has 2 aliphatic heterocycles. The molecule has 1 unspecified atom stereocenters. The topological polar surface area (TPSA) is 102 Å². The van der Waals surface area contributed by atoms with Gasteiger partial charge in [-0.25, -0.2) is 32.3 Å². The van der Waals surface area contributed by atoms with Crippen molar-refractivity contribution in [1.29, 1.82) is 0 Å². The summed E-state index contributed by atoms with van der Waals surface area (Å²) in [5.41, 5.74) is -0.281. The molecule has 3 aromatic rings. The lowest BCUT2D eigenvalue weighted by molar-refractivity contribution is -0.117. The van der Waals surface area contributed by atoms with Crippen LogP contribution in [0.2, 0.25) is 0 Å². The number of rotatable bonds is 3. The zero-order valence-corrected chi connectivity index (χ0v) is 20.9. The largest absolute Gasteiger partial charge is 0.444 e. The van der Waals surface area contributed by atoms with Crippen LogP contribution in [0, 0.1) is 5.82 Å². The highest BCUT2D eigenvalue weighted by Crippen LogP contribution is 2.42. The van der Waals surface area contributed by atoms with Crippen molar-refractivity contribution in [3.63, 3.8) is 0 Å². The quantitative estimate of drug-likeness (QED) is 0.483. The van der Waals surface area contributed by atoms with E-state index in [-0.39, 0.29) is 47.7 Å². The summed E-state index contributed by atoms with van der Waals surface area (Å²) in [5.74, 6) is -2.76. The van der Waals surface area contributed by atoms with Crippen LogP contribution in [-0.2, 0) is 9.53 Å². The fourth-order valence-corrected chi connectivity index (χ4v) is 4.94. The fourth-order valence-electron chi connectivity index (χ4n) is 4.94. The van der Waals surface area contributed by atoms with Crippen molar-refractivity contribution in [3.05, 3.63) is 35.9 Å². The van der Waals surface area contributed by atoms with Gasteiger partial charge in [-0.1, -0.05) is 0 Å². The lowest BCUT2D eigenvalue weighted by Gasteiger charge is -2.35. The van der Waals surface area contributed by atoms with Crippen molar-refractivity contribution < 1.29 is 31.9 Å². The maximum Gasteiger partial charge on any atom is 0.410 e. The number of halogens is 4. The molecule has 1 aromatic carbocycles. The fraction of sp³-hybridized carbons (Fsp3) is 0.480. The molecular formula is C25H26F4N6O3. The van der Waals surface area contributed by atoms with Gasteiger partial charge < -0.3 is 15.0 Å². The molecule has 2 amide bonds. The number of anilines is 1. The number of nitrogens with one attached hydrogen (secondary N) is 1. The standard InChI is InChI=1S/C25H26F4N6O3/c1-25(2,3)38-24(37)34-7-6-17(15(27)10-34)35-16-5-4-12(26)8-13(16)20(33-35)21-19-14(22(28)29)9-18(36)32-23(19)31-11-30-21/h4-5,8,11,14-15,17,22H,6-7,9-10H2,1-3H3,(H,30,31,32,36)/t14?,15-,17+/m1/s1. The Balaban J connectivity index is 1.56. The number of likely N-dealkylation sites (tertiary alicyclic amines) is 1. The molecule has 0 spiro atoms. The number of aromatic nitrogens is 4. The third-order valence-electron chi connectivity index (χ3n) is 6.59. The molecule has 1 saturated heterocycles. The van der Waals surface area contributed by atoms with Gasteiger partial charge in [0.25, 0.3) is 0 Å². The van der Waals surface area contributed by atoms with Crippen LogP contribution < -0.4 is 5.32 Å². The maximum atomic E-state index is 15.5. The van der Waals surface area contributed by atoms with E-state index in [1.807, 2.05) is 0 Å². The Morgan fingerprint density at radius 2 is 1.97 bits per heavy atom. The van der Waals surface area contributed by atoms with Gasteiger partial charge in [0, 0.05) is 23.9 Å². The monoisotopic (exact) mass is 534 g/mol. The summed E-state index contributed by atoms with van der Waals surface area (Å²) in [6.07, 6.45) is -4.24. The Hall–Kier alpha value is -3.77. The highest BCUT2D eigenvalue weighted by molar-refractivity contribution is 5.98. The van der Waals surface area contributed by atoms with Crippen LogP contribution in [0.4, 0.5) is 28.2 Å². The van der Waals surface area contributed by atoms with E-state index in [1.165, 1.54) is 27.8 Å². The molecule has 202 valence electrons. The van der Waals surface area contributed by atoms with Crippen molar-refractivity contribution in [2.24, 2.45) is 0 Å². The summed E-state index contributed by atoms with van der Waals surface area (Å²) in [6.45, 7) is 5.12. The number of ether oxygens (including phenoxy) is 1. The van der Waals surface area contributed by atoms with Crippen LogP contribution in [0.1, 0.15) is 51.1 Å². The number of piperidine rings is 1. The summed E-state index contributed by atoms with van der Waals surface area (Å²) in [7, 11) is 0. The first-order chi connectivity index (χ1) is 17.9. The Labute approximate surface area is 215 Å². The first kappa shape index (κ1) is 25.9. The highest BCUT2D eigenvalue weighted by Gasteiger charge is 2.39. The summed E-state index contributed by atoms with van der Waals surface area (Å²) < 4.78 is 64.6. The summed E-state index contributed by atoms with van der Waals surface area (Å²) in [6, 6.07) is 3.00. The van der Waals surface area contributed by atoms with Gasteiger partial charge in [-0.2, -0.15) is 5.10 Å². The van der Waals surface area contributed by atoms with Crippen molar-refractivity contribution in [2.45, 2.75) is 63.8 Å². The highest BCUT2D eigenvalue weighted by atomic mass is 19.3. The number of hydrogen-bond donors (Lipinski definition) is 1. The van der Waals surface area contributed by atoms with Crippen LogP contribution in [0.25, 0.3) is 22.3 Å². The Bertz CT molecular complexity index is 1410. The van der Waals surface area contributed by atoms with Crippen molar-refractivity contribution in [2.75, 3.05) is 18.4 Å². The van der Waals surface area contributed by atoms with Crippen LogP contribution in [-0.4, -0.2) is 67.9 Å². The lowest BCUT2D eigenvalue weighted by atomic mass is 9.90. The van der Waals surface area contributed by atoms with Gasteiger partial charge in [0.15, 0.2) is 0 Å². The molecule has 38 heavy (non-hydrogen) atoms. The average molecular weight is 535 g/mol. The molecule has 0 aliphatic carbocycles. The molecule has 1 N–H and O–H groups in total. The van der Waals surface area contributed by atoms with E-state index in [9.17, 15) is 22.8 Å². The normalized spacial score (nSPS) is 21.9. The number of hydrogen-bond acceptors (Lipinski definition) is 6. The maximum absolute atomic E-state index is 15.5. The number of fused-ring (bicyclic) bond motifs is 2. The number of carbonyl (C=O) groups is 2. The minimum absolute atomic E-state index is 0.00513. The Morgan fingerprint density at radius 1 is 1.21 bits per heavy atom. The van der Waals surface area contributed by atoms with Gasteiger partial charge in [0.2, 0.25) is 12.3 Å². The molecule has 0 bridgehead atoms. The first-order valence-electron chi connectivity index (χ1n) is 12.2. The minimum atomic E-state index is -2.89. The SMILES string of the molecule is CC(C)(C)OC(=O)N1CC[C@H](n2nc(-c3ncnc4c3C(C(F)F)CC(=O)N4)c3cc(F)ccc32)[C@H](F)C1. The van der Waals surface area contributed by atoms with Gasteiger partial charge in [-0.05, 0) is 45.4 Å². The van der Waals surface area contributed by atoms with E-state index in [0.717, 1.165) is 6.33 Å². The summed E-state index contributed by atoms with van der Waals surface area (Å²) >= 11 is 0. The molecule has 2 aliphatic rings. The second-order valence-corrected chi connectivity index (χ2v) is 10.4. The predicted octanol–water partition coefficient (Wildman–Crippen LogP) is 4.84. The van der Waals surface area contributed by atoms with Crippen LogP contribution in [0.15, 0.2) is 24.5 Å². The zero-order chi connectivity index (χ0) is 27.4. The predicted molar refractivity (Wildman–Crippen MR) is 129 cm³/mol. The zero-order valence-electron chi connectivity index (χ0n) is 20.9. The molecule has 0 radical (unpaired) electrons. The number of carbonyl (C=O) groups excluding carboxylic acids is 2. The van der Waals surface area contributed by atoms with Crippen LogP contribution in [0.3, 0.4) is 0 Å². The molecule has 0 saturated carbocycles. The molecule has 4 heterocycles. The molecule has 9 nitrogen and oxygen atoms in total. The van der Waals surface area contributed by atoms with Gasteiger partial charge in [0.1, 0.15) is 41.1 Å². The average Bonchev–Trinajstić information content (AvgIpc) is 3.20. The van der Waals surface area contributed by atoms with E-state index in [0.29, 0.717) is 5.52 Å². The Kier molecular flexibility index (Phi) is 6.48. The number of alkyl halides is 3. The van der Waals surface area contributed by atoms with Gasteiger partial charge in [0.05, 0.1) is 24.0 Å². The van der Waals surface area contributed by atoms with Crippen LogP contribution in [0.5, 0.6) is 0 Å². The molecular weight excluding hydrogens is 508 g/mol. The molecule has 5 rings (SSSR count). The van der Waals surface area contributed by atoms with E-state index >= 15 is 4.39 Å². The van der Waals surface area contributed by atoms with E-state index in [1.54, 1.807) is 20.8 Å². The van der Waals surface area contributed by atoms with Crippen molar-refractivity contribution in [1.82, 2.24) is 24.6 Å². The summed E-state index contributed by atoms with van der Waals surface area (Å²) in [4.78, 5) is 33.9. The third kappa shape index (κ3) is 4.76. The number of nitrogens with zero attached hydrogens (tertiary/aromatic N) is 5. The molecule has 3 atom stereocenters. The smallest absolute Gasteiger partial charge is 0.410 e. The second kappa shape index (κ2) is 9.52. The van der Waals surface area contributed by atoms with Crippen molar-refractivity contribution >= 4 is 28.7 Å². The van der Waals surface area contributed by atoms with Gasteiger partial charge >= 0.3 is 6.09 Å². The Morgan fingerprint density at radius 3 is 2.66 bits per heavy atom. The van der Waals surface area contributed by atoms with E-state index < -0.39 is 54.4 Å². The van der Waals surface area contributed by atoms with E-state index in [2.05, 4.69) is 20.4 Å². The van der Waals surface area contributed by atoms with E-state index in [4.69, 9.17) is 4.74 Å². The summed E-state index contributed by atoms with van der Waals surface area (Å²) in [5, 5.41) is 7.28. The van der Waals surface area contributed by atoms with Crippen LogP contribution >= 0.6 is 0 Å². The molecule has 2 aromatic heterocycles.